The molecule has 1 unspecified atom stereocenters. The smallest absolute Gasteiger partial charge is 0.410 e. The third kappa shape index (κ3) is 2.22. The van der Waals surface area contributed by atoms with Gasteiger partial charge in [-0.3, -0.25) is 4.90 Å². The van der Waals surface area contributed by atoms with Gasteiger partial charge in [0.1, 0.15) is 6.61 Å². The first-order valence-corrected chi connectivity index (χ1v) is 4.85. The molecule has 0 saturated carbocycles. The van der Waals surface area contributed by atoms with Gasteiger partial charge in [0.05, 0.1) is 0 Å². The molecular formula is C10H17NO4. The lowest BCUT2D eigenvalue weighted by Crippen LogP contribution is -2.53. The highest BCUT2D eigenvalue weighted by Gasteiger charge is 2.50. The van der Waals surface area contributed by atoms with Crippen molar-refractivity contribution in [2.45, 2.75) is 33.2 Å². The summed E-state index contributed by atoms with van der Waals surface area (Å²) < 4.78 is 4.79. The summed E-state index contributed by atoms with van der Waals surface area (Å²) in [6, 6.07) is 0. The first-order valence-electron chi connectivity index (χ1n) is 4.85. The number of hydrogen-bond donors (Lipinski definition) is 1. The number of carbonyl (C=O) groups excluding carboxylic acids is 1. The van der Waals surface area contributed by atoms with Gasteiger partial charge in [-0.25, -0.2) is 9.59 Å². The van der Waals surface area contributed by atoms with E-state index in [9.17, 15) is 9.59 Å². The summed E-state index contributed by atoms with van der Waals surface area (Å²) >= 11 is 0. The summed E-state index contributed by atoms with van der Waals surface area (Å²) in [4.78, 5) is 23.8. The third-order valence-corrected chi connectivity index (χ3v) is 2.39. The SMILES string of the molecule is CC(C)(C)CN1C(=O)OCC1(C)C(=O)O. The number of ether oxygens (including phenoxy) is 1. The van der Waals surface area contributed by atoms with Gasteiger partial charge in [0.2, 0.25) is 0 Å². The van der Waals surface area contributed by atoms with Crippen LogP contribution in [0.5, 0.6) is 0 Å². The molecule has 1 fully saturated rings. The Bertz CT molecular complexity index is 294. The average Bonchev–Trinajstić information content (AvgIpc) is 2.31. The summed E-state index contributed by atoms with van der Waals surface area (Å²) in [6.45, 7) is 7.63. The molecular weight excluding hydrogens is 198 g/mol. The van der Waals surface area contributed by atoms with Crippen molar-refractivity contribution >= 4 is 12.1 Å². The fourth-order valence-corrected chi connectivity index (χ4v) is 1.45. The zero-order valence-corrected chi connectivity index (χ0v) is 9.53. The van der Waals surface area contributed by atoms with E-state index in [2.05, 4.69) is 0 Å². The highest BCUT2D eigenvalue weighted by Crippen LogP contribution is 2.28. The lowest BCUT2D eigenvalue weighted by atomic mass is 9.93. The van der Waals surface area contributed by atoms with Crippen molar-refractivity contribution in [2.24, 2.45) is 5.41 Å². The van der Waals surface area contributed by atoms with Crippen LogP contribution in [0.25, 0.3) is 0 Å². The van der Waals surface area contributed by atoms with Crippen molar-refractivity contribution in [2.75, 3.05) is 13.2 Å². The van der Waals surface area contributed by atoms with E-state index in [1.165, 1.54) is 11.8 Å². The minimum atomic E-state index is -1.23. The Morgan fingerprint density at radius 3 is 2.53 bits per heavy atom. The maximum Gasteiger partial charge on any atom is 0.410 e. The van der Waals surface area contributed by atoms with Crippen LogP contribution in [-0.4, -0.2) is 40.8 Å². The maximum absolute atomic E-state index is 11.4. The molecule has 0 aromatic rings. The van der Waals surface area contributed by atoms with Crippen molar-refractivity contribution in [3.05, 3.63) is 0 Å². The topological polar surface area (TPSA) is 66.8 Å². The molecule has 86 valence electrons. The second kappa shape index (κ2) is 3.40. The lowest BCUT2D eigenvalue weighted by molar-refractivity contribution is -0.147. The highest BCUT2D eigenvalue weighted by molar-refractivity contribution is 5.86. The van der Waals surface area contributed by atoms with Crippen LogP contribution in [0.3, 0.4) is 0 Å². The standard InChI is InChI=1S/C10H17NO4/c1-9(2,3)5-11-8(14)15-6-10(11,4)7(12)13/h5-6H2,1-4H3,(H,12,13). The van der Waals surface area contributed by atoms with Gasteiger partial charge in [0, 0.05) is 6.54 Å². The van der Waals surface area contributed by atoms with Gasteiger partial charge in [0.25, 0.3) is 0 Å². The van der Waals surface area contributed by atoms with Gasteiger partial charge in [-0.05, 0) is 12.3 Å². The molecule has 1 heterocycles. The first-order chi connectivity index (χ1) is 6.67. The fourth-order valence-electron chi connectivity index (χ4n) is 1.45. The highest BCUT2D eigenvalue weighted by atomic mass is 16.6. The monoisotopic (exact) mass is 215 g/mol. The van der Waals surface area contributed by atoms with Crippen molar-refractivity contribution in [1.82, 2.24) is 4.90 Å². The second-order valence-electron chi connectivity index (χ2n) is 5.28. The normalized spacial score (nSPS) is 26.7. The van der Waals surface area contributed by atoms with E-state index >= 15 is 0 Å². The molecule has 1 saturated heterocycles. The predicted molar refractivity (Wildman–Crippen MR) is 53.5 cm³/mol. The molecule has 0 aromatic heterocycles. The number of amides is 1. The molecule has 1 amide bonds. The van der Waals surface area contributed by atoms with Crippen LogP contribution in [0.2, 0.25) is 0 Å². The van der Waals surface area contributed by atoms with E-state index < -0.39 is 17.6 Å². The molecule has 15 heavy (non-hydrogen) atoms. The van der Waals surface area contributed by atoms with Gasteiger partial charge in [0.15, 0.2) is 5.54 Å². The summed E-state index contributed by atoms with van der Waals surface area (Å²) in [5, 5.41) is 9.08. The van der Waals surface area contributed by atoms with E-state index in [-0.39, 0.29) is 12.0 Å². The van der Waals surface area contributed by atoms with Gasteiger partial charge < -0.3 is 9.84 Å². The Balaban J connectivity index is 2.92. The zero-order valence-electron chi connectivity index (χ0n) is 9.53. The van der Waals surface area contributed by atoms with E-state index in [1.807, 2.05) is 20.8 Å². The van der Waals surface area contributed by atoms with Crippen molar-refractivity contribution in [3.63, 3.8) is 0 Å². The number of cyclic esters (lactones) is 1. The molecule has 1 rings (SSSR count). The van der Waals surface area contributed by atoms with Crippen LogP contribution >= 0.6 is 0 Å². The third-order valence-electron chi connectivity index (χ3n) is 2.39. The summed E-state index contributed by atoms with van der Waals surface area (Å²) in [7, 11) is 0. The quantitative estimate of drug-likeness (QED) is 0.754. The van der Waals surface area contributed by atoms with Crippen molar-refractivity contribution < 1.29 is 19.4 Å². The van der Waals surface area contributed by atoms with Crippen LogP contribution in [0.1, 0.15) is 27.7 Å². The van der Waals surface area contributed by atoms with E-state index in [0.717, 1.165) is 0 Å². The summed E-state index contributed by atoms with van der Waals surface area (Å²) in [6.07, 6.45) is -0.546. The van der Waals surface area contributed by atoms with E-state index in [1.54, 1.807) is 0 Å². The Hall–Kier alpha value is -1.26. The van der Waals surface area contributed by atoms with Crippen molar-refractivity contribution in [1.29, 1.82) is 0 Å². The molecule has 0 spiro atoms. The first kappa shape index (κ1) is 11.8. The molecule has 0 aromatic carbocycles. The molecule has 1 atom stereocenters. The molecule has 5 heteroatoms. The maximum atomic E-state index is 11.4. The Morgan fingerprint density at radius 1 is 1.60 bits per heavy atom. The molecule has 1 N–H and O–H groups in total. The van der Waals surface area contributed by atoms with E-state index in [4.69, 9.17) is 9.84 Å². The number of carbonyl (C=O) groups is 2. The summed E-state index contributed by atoms with van der Waals surface area (Å²) in [5.41, 5.74) is -1.38. The number of carboxylic acid groups (broad SMARTS) is 1. The lowest BCUT2D eigenvalue weighted by Gasteiger charge is -2.32. The fraction of sp³-hybridized carbons (Fsp3) is 0.800. The van der Waals surface area contributed by atoms with Gasteiger partial charge >= 0.3 is 12.1 Å². The van der Waals surface area contributed by atoms with Crippen LogP contribution in [0.4, 0.5) is 4.79 Å². The molecule has 1 aliphatic rings. The van der Waals surface area contributed by atoms with Crippen LogP contribution in [-0.2, 0) is 9.53 Å². The minimum Gasteiger partial charge on any atom is -0.479 e. The number of hydrogen-bond acceptors (Lipinski definition) is 3. The number of aliphatic carboxylic acids is 1. The van der Waals surface area contributed by atoms with Gasteiger partial charge in [-0.2, -0.15) is 0 Å². The van der Waals surface area contributed by atoms with Gasteiger partial charge in [-0.15, -0.1) is 0 Å². The Morgan fingerprint density at radius 2 is 2.13 bits per heavy atom. The largest absolute Gasteiger partial charge is 0.479 e. The van der Waals surface area contributed by atoms with Crippen molar-refractivity contribution in [3.8, 4) is 0 Å². The molecule has 0 radical (unpaired) electrons. The molecule has 5 nitrogen and oxygen atoms in total. The Labute approximate surface area is 89.0 Å². The Kier molecular flexibility index (Phi) is 2.67. The number of nitrogens with zero attached hydrogens (tertiary/aromatic N) is 1. The van der Waals surface area contributed by atoms with Crippen LogP contribution < -0.4 is 0 Å². The molecule has 1 aliphatic heterocycles. The van der Waals surface area contributed by atoms with Crippen LogP contribution in [0.15, 0.2) is 0 Å². The van der Waals surface area contributed by atoms with E-state index in [0.29, 0.717) is 6.54 Å². The second-order valence-corrected chi connectivity index (χ2v) is 5.28. The van der Waals surface area contributed by atoms with Crippen LogP contribution in [0, 0.1) is 5.41 Å². The molecule has 0 bridgehead atoms. The average molecular weight is 215 g/mol. The zero-order chi connectivity index (χ0) is 11.9. The summed E-state index contributed by atoms with van der Waals surface area (Å²) in [5.74, 6) is -1.03. The minimum absolute atomic E-state index is 0.0861. The predicted octanol–water partition coefficient (Wildman–Crippen LogP) is 1.33. The number of rotatable bonds is 2. The number of carboxylic acids is 1. The van der Waals surface area contributed by atoms with Gasteiger partial charge in [-0.1, -0.05) is 20.8 Å². The molecule has 0 aliphatic carbocycles.